The van der Waals surface area contributed by atoms with Gasteiger partial charge in [0.1, 0.15) is 5.75 Å². The molecule has 0 radical (unpaired) electrons. The minimum Gasteiger partial charge on any atom is -0.497 e. The minimum atomic E-state index is -0.228. The molecule has 0 fully saturated rings. The molecule has 82 valence electrons. The smallest absolute Gasteiger partial charge is 0.207 e. The molecule has 3 heteroatoms. The van der Waals surface area contributed by atoms with Crippen LogP contribution in [0.4, 0.5) is 0 Å². The van der Waals surface area contributed by atoms with E-state index in [0.29, 0.717) is 0 Å². The summed E-state index contributed by atoms with van der Waals surface area (Å²) < 4.78 is 5.14. The Bertz CT molecular complexity index is 334. The maximum atomic E-state index is 10.4. The molecule has 3 nitrogen and oxygen atoms in total. The van der Waals surface area contributed by atoms with Gasteiger partial charge in [0, 0.05) is 5.54 Å². The number of carbonyl (C=O) groups is 1. The summed E-state index contributed by atoms with van der Waals surface area (Å²) in [6.45, 7) is 3.97. The van der Waals surface area contributed by atoms with Crippen molar-refractivity contribution in [3.05, 3.63) is 29.8 Å². The van der Waals surface area contributed by atoms with Gasteiger partial charge in [-0.05, 0) is 38.0 Å². The van der Waals surface area contributed by atoms with Crippen molar-refractivity contribution in [3.63, 3.8) is 0 Å². The van der Waals surface area contributed by atoms with Gasteiger partial charge in [-0.3, -0.25) is 4.79 Å². The van der Waals surface area contributed by atoms with Gasteiger partial charge in [-0.1, -0.05) is 12.1 Å². The zero-order valence-corrected chi connectivity index (χ0v) is 9.41. The van der Waals surface area contributed by atoms with Crippen LogP contribution in [0.2, 0.25) is 0 Å². The summed E-state index contributed by atoms with van der Waals surface area (Å²) in [5, 5.41) is 2.79. The number of hydrogen-bond acceptors (Lipinski definition) is 2. The summed E-state index contributed by atoms with van der Waals surface area (Å²) in [5.74, 6) is 0.842. The fourth-order valence-electron chi connectivity index (χ4n) is 1.50. The maximum Gasteiger partial charge on any atom is 0.207 e. The highest BCUT2D eigenvalue weighted by Gasteiger charge is 2.16. The molecule has 0 saturated carbocycles. The fourth-order valence-corrected chi connectivity index (χ4v) is 1.50. The molecule has 0 aromatic heterocycles. The van der Waals surface area contributed by atoms with Crippen molar-refractivity contribution in [3.8, 4) is 5.75 Å². The fraction of sp³-hybridized carbons (Fsp3) is 0.417. The van der Waals surface area contributed by atoms with E-state index >= 15 is 0 Å². The molecular weight excluding hydrogens is 190 g/mol. The SMILES string of the molecule is COc1cccc(CC(C)(C)NC=O)c1. The van der Waals surface area contributed by atoms with Gasteiger partial charge in [0.25, 0.3) is 0 Å². The van der Waals surface area contributed by atoms with Crippen LogP contribution < -0.4 is 10.1 Å². The van der Waals surface area contributed by atoms with Gasteiger partial charge < -0.3 is 10.1 Å². The standard InChI is InChI=1S/C12H17NO2/c1-12(2,13-9-14)8-10-5-4-6-11(7-10)15-3/h4-7,9H,8H2,1-3H3,(H,13,14). The van der Waals surface area contributed by atoms with E-state index in [9.17, 15) is 4.79 Å². The highest BCUT2D eigenvalue weighted by Crippen LogP contribution is 2.17. The lowest BCUT2D eigenvalue weighted by molar-refractivity contribution is -0.110. The summed E-state index contributed by atoms with van der Waals surface area (Å²) in [7, 11) is 1.65. The summed E-state index contributed by atoms with van der Waals surface area (Å²) in [6.07, 6.45) is 1.52. The quantitative estimate of drug-likeness (QED) is 0.747. The number of nitrogens with one attached hydrogen (secondary N) is 1. The number of rotatable bonds is 5. The van der Waals surface area contributed by atoms with Crippen LogP contribution in [0.25, 0.3) is 0 Å². The Balaban J connectivity index is 2.75. The zero-order chi connectivity index (χ0) is 11.3. The van der Waals surface area contributed by atoms with Crippen molar-refractivity contribution in [2.45, 2.75) is 25.8 Å². The van der Waals surface area contributed by atoms with E-state index in [0.717, 1.165) is 24.1 Å². The van der Waals surface area contributed by atoms with Gasteiger partial charge in [-0.25, -0.2) is 0 Å². The minimum absolute atomic E-state index is 0.228. The molecule has 1 N–H and O–H groups in total. The summed E-state index contributed by atoms with van der Waals surface area (Å²) in [6, 6.07) is 7.86. The Kier molecular flexibility index (Phi) is 3.72. The molecule has 0 bridgehead atoms. The second-order valence-corrected chi connectivity index (χ2v) is 4.17. The Hall–Kier alpha value is -1.51. The molecule has 0 aliphatic rings. The maximum absolute atomic E-state index is 10.4. The van der Waals surface area contributed by atoms with Gasteiger partial charge in [0.15, 0.2) is 0 Å². The molecule has 1 amide bonds. The van der Waals surface area contributed by atoms with Crippen molar-refractivity contribution in [1.29, 1.82) is 0 Å². The average Bonchev–Trinajstić information content (AvgIpc) is 2.17. The van der Waals surface area contributed by atoms with Gasteiger partial charge in [0.2, 0.25) is 6.41 Å². The van der Waals surface area contributed by atoms with Gasteiger partial charge >= 0.3 is 0 Å². The Morgan fingerprint density at radius 3 is 2.80 bits per heavy atom. The number of carbonyl (C=O) groups excluding carboxylic acids is 1. The first kappa shape index (κ1) is 11.6. The van der Waals surface area contributed by atoms with E-state index < -0.39 is 0 Å². The highest BCUT2D eigenvalue weighted by atomic mass is 16.5. The first-order chi connectivity index (χ1) is 7.07. The Morgan fingerprint density at radius 1 is 1.47 bits per heavy atom. The third-order valence-corrected chi connectivity index (χ3v) is 2.23. The van der Waals surface area contributed by atoms with Crippen molar-refractivity contribution in [2.75, 3.05) is 7.11 Å². The van der Waals surface area contributed by atoms with Gasteiger partial charge in [-0.2, -0.15) is 0 Å². The number of ether oxygens (including phenoxy) is 1. The lowest BCUT2D eigenvalue weighted by Gasteiger charge is -2.23. The Morgan fingerprint density at radius 2 is 2.20 bits per heavy atom. The van der Waals surface area contributed by atoms with E-state index in [4.69, 9.17) is 4.74 Å². The molecule has 0 atom stereocenters. The van der Waals surface area contributed by atoms with Crippen LogP contribution in [-0.2, 0) is 11.2 Å². The molecule has 0 heterocycles. The van der Waals surface area contributed by atoms with Crippen LogP contribution in [-0.4, -0.2) is 19.1 Å². The summed E-state index contributed by atoms with van der Waals surface area (Å²) >= 11 is 0. The third kappa shape index (κ3) is 3.62. The average molecular weight is 207 g/mol. The van der Waals surface area contributed by atoms with E-state index in [1.807, 2.05) is 38.1 Å². The molecule has 15 heavy (non-hydrogen) atoms. The van der Waals surface area contributed by atoms with E-state index in [1.165, 1.54) is 0 Å². The predicted molar refractivity (Wildman–Crippen MR) is 60.0 cm³/mol. The molecule has 1 aromatic rings. The lowest BCUT2D eigenvalue weighted by atomic mass is 9.95. The number of hydrogen-bond donors (Lipinski definition) is 1. The van der Waals surface area contributed by atoms with Crippen molar-refractivity contribution in [1.82, 2.24) is 5.32 Å². The Labute approximate surface area is 90.4 Å². The third-order valence-electron chi connectivity index (χ3n) is 2.23. The van der Waals surface area contributed by atoms with Crippen LogP contribution >= 0.6 is 0 Å². The number of methoxy groups -OCH3 is 1. The molecule has 1 rings (SSSR count). The monoisotopic (exact) mass is 207 g/mol. The van der Waals surface area contributed by atoms with Crippen LogP contribution in [0.15, 0.2) is 24.3 Å². The van der Waals surface area contributed by atoms with E-state index in [-0.39, 0.29) is 5.54 Å². The topological polar surface area (TPSA) is 38.3 Å². The first-order valence-corrected chi connectivity index (χ1v) is 4.92. The molecule has 0 spiro atoms. The second-order valence-electron chi connectivity index (χ2n) is 4.17. The predicted octanol–water partition coefficient (Wildman–Crippen LogP) is 1.76. The summed E-state index contributed by atoms with van der Waals surface area (Å²) in [5.41, 5.74) is 0.919. The number of amides is 1. The molecule has 0 aliphatic heterocycles. The largest absolute Gasteiger partial charge is 0.497 e. The lowest BCUT2D eigenvalue weighted by Crippen LogP contribution is -2.40. The molecular formula is C12H17NO2. The molecule has 1 aromatic carbocycles. The summed E-state index contributed by atoms with van der Waals surface area (Å²) in [4.78, 5) is 10.4. The van der Waals surface area contributed by atoms with Crippen LogP contribution in [0.3, 0.4) is 0 Å². The van der Waals surface area contributed by atoms with Gasteiger partial charge in [-0.15, -0.1) is 0 Å². The van der Waals surface area contributed by atoms with Gasteiger partial charge in [0.05, 0.1) is 7.11 Å². The normalized spacial score (nSPS) is 10.9. The van der Waals surface area contributed by atoms with Crippen molar-refractivity contribution in [2.24, 2.45) is 0 Å². The van der Waals surface area contributed by atoms with E-state index in [1.54, 1.807) is 7.11 Å². The van der Waals surface area contributed by atoms with Crippen LogP contribution in [0.5, 0.6) is 5.75 Å². The molecule has 0 aliphatic carbocycles. The molecule has 0 unspecified atom stereocenters. The number of benzene rings is 1. The second kappa shape index (κ2) is 4.82. The highest BCUT2D eigenvalue weighted by molar-refractivity contribution is 5.48. The van der Waals surface area contributed by atoms with Crippen LogP contribution in [0.1, 0.15) is 19.4 Å². The van der Waals surface area contributed by atoms with Crippen molar-refractivity contribution < 1.29 is 9.53 Å². The van der Waals surface area contributed by atoms with E-state index in [2.05, 4.69) is 5.32 Å². The first-order valence-electron chi connectivity index (χ1n) is 4.92. The van der Waals surface area contributed by atoms with Crippen LogP contribution in [0, 0.1) is 0 Å². The molecule has 0 saturated heterocycles. The van der Waals surface area contributed by atoms with Crippen molar-refractivity contribution >= 4 is 6.41 Å². The zero-order valence-electron chi connectivity index (χ0n) is 9.41.